The summed E-state index contributed by atoms with van der Waals surface area (Å²) in [5.74, 6) is -2.36. The van der Waals surface area contributed by atoms with E-state index in [1.165, 1.54) is 0 Å². The average molecular weight is 368 g/mol. The van der Waals surface area contributed by atoms with Crippen LogP contribution in [-0.2, 0) is 19.1 Å². The first-order chi connectivity index (χ1) is 12.1. The molecular weight excluding hydrogens is 340 g/mol. The van der Waals surface area contributed by atoms with E-state index in [9.17, 15) is 19.2 Å². The minimum atomic E-state index is -0.768. The predicted molar refractivity (Wildman–Crippen MR) is 92.0 cm³/mol. The summed E-state index contributed by atoms with van der Waals surface area (Å²) >= 11 is 0. The molecule has 0 aromatic carbocycles. The molecule has 4 atom stereocenters. The second-order valence-corrected chi connectivity index (χ2v) is 7.77. The van der Waals surface area contributed by atoms with Gasteiger partial charge in [-0.05, 0) is 11.8 Å². The molecule has 0 aromatic rings. The average Bonchev–Trinajstić information content (AvgIpc) is 3.15. The van der Waals surface area contributed by atoms with Crippen molar-refractivity contribution in [3.8, 4) is 0 Å². The molecule has 146 valence electrons. The van der Waals surface area contributed by atoms with Gasteiger partial charge in [-0.1, -0.05) is 41.5 Å². The Morgan fingerprint density at radius 3 is 1.35 bits per heavy atom. The van der Waals surface area contributed by atoms with Gasteiger partial charge in [-0.2, -0.15) is 0 Å². The van der Waals surface area contributed by atoms with Crippen molar-refractivity contribution in [2.75, 3.05) is 13.2 Å². The van der Waals surface area contributed by atoms with Crippen molar-refractivity contribution in [3.05, 3.63) is 0 Å². The number of cyclic esters (lactones) is 2. The van der Waals surface area contributed by atoms with Gasteiger partial charge >= 0.3 is 12.2 Å². The first-order valence-corrected chi connectivity index (χ1v) is 9.07. The zero-order valence-electron chi connectivity index (χ0n) is 16.2. The SMILES string of the molecule is CC(C)[C@H]1COC(=O)N1C(=O)[C@H](C)[C@@H](C)C(=O)N1C(=O)OC[C@@H]1C(C)C. The van der Waals surface area contributed by atoms with E-state index in [1.807, 2.05) is 27.7 Å². The van der Waals surface area contributed by atoms with Crippen LogP contribution >= 0.6 is 0 Å². The Morgan fingerprint density at radius 1 is 0.769 bits per heavy atom. The highest BCUT2D eigenvalue weighted by atomic mass is 16.6. The molecule has 2 fully saturated rings. The van der Waals surface area contributed by atoms with Crippen LogP contribution < -0.4 is 0 Å². The summed E-state index contributed by atoms with van der Waals surface area (Å²) in [5.41, 5.74) is 0. The molecule has 0 bridgehead atoms. The summed E-state index contributed by atoms with van der Waals surface area (Å²) in [6, 6.07) is -0.695. The molecule has 2 saturated heterocycles. The van der Waals surface area contributed by atoms with Crippen molar-refractivity contribution in [3.63, 3.8) is 0 Å². The lowest BCUT2D eigenvalue weighted by Crippen LogP contribution is -2.50. The van der Waals surface area contributed by atoms with Crippen LogP contribution in [0.1, 0.15) is 41.5 Å². The second kappa shape index (κ2) is 7.63. The van der Waals surface area contributed by atoms with Crippen molar-refractivity contribution < 1.29 is 28.7 Å². The molecule has 0 N–H and O–H groups in total. The third-order valence-electron chi connectivity index (χ3n) is 5.35. The molecule has 8 nitrogen and oxygen atoms in total. The molecule has 4 amide bonds. The van der Waals surface area contributed by atoms with E-state index in [4.69, 9.17) is 9.47 Å². The van der Waals surface area contributed by atoms with Gasteiger partial charge in [0, 0.05) is 11.8 Å². The van der Waals surface area contributed by atoms with Gasteiger partial charge in [0.05, 0.1) is 12.1 Å². The van der Waals surface area contributed by atoms with E-state index in [-0.39, 0.29) is 37.1 Å². The van der Waals surface area contributed by atoms with Crippen LogP contribution in [0.4, 0.5) is 9.59 Å². The molecule has 26 heavy (non-hydrogen) atoms. The first-order valence-electron chi connectivity index (χ1n) is 9.07. The number of carbonyl (C=O) groups excluding carboxylic acids is 4. The van der Waals surface area contributed by atoms with Gasteiger partial charge in [0.25, 0.3) is 0 Å². The van der Waals surface area contributed by atoms with Crippen LogP contribution in [0.25, 0.3) is 0 Å². The van der Waals surface area contributed by atoms with E-state index in [0.29, 0.717) is 0 Å². The summed E-state index contributed by atoms with van der Waals surface area (Å²) in [5, 5.41) is 0. The smallest absolute Gasteiger partial charge is 0.416 e. The van der Waals surface area contributed by atoms with E-state index < -0.39 is 35.8 Å². The van der Waals surface area contributed by atoms with Crippen LogP contribution in [0.15, 0.2) is 0 Å². The van der Waals surface area contributed by atoms with Crippen molar-refractivity contribution >= 4 is 24.0 Å². The fourth-order valence-electron chi connectivity index (χ4n) is 3.23. The number of imide groups is 2. The van der Waals surface area contributed by atoms with Crippen molar-refractivity contribution in [1.29, 1.82) is 0 Å². The number of nitrogens with zero attached hydrogens (tertiary/aromatic N) is 2. The Labute approximate surface area is 153 Å². The molecule has 0 spiro atoms. The lowest BCUT2D eigenvalue weighted by atomic mass is 9.91. The van der Waals surface area contributed by atoms with Gasteiger partial charge in [0.2, 0.25) is 11.8 Å². The van der Waals surface area contributed by atoms with Gasteiger partial charge in [0.15, 0.2) is 0 Å². The van der Waals surface area contributed by atoms with Gasteiger partial charge in [-0.15, -0.1) is 0 Å². The zero-order valence-corrected chi connectivity index (χ0v) is 16.2. The summed E-state index contributed by atoms with van der Waals surface area (Å²) in [6.07, 6.45) is -1.36. The third-order valence-corrected chi connectivity index (χ3v) is 5.35. The topological polar surface area (TPSA) is 93.2 Å². The first kappa shape index (κ1) is 20.2. The minimum Gasteiger partial charge on any atom is -0.447 e. The molecule has 0 aliphatic carbocycles. The number of carbonyl (C=O) groups is 4. The fraction of sp³-hybridized carbons (Fsp3) is 0.778. The maximum atomic E-state index is 12.9. The number of amides is 4. The molecule has 0 saturated carbocycles. The summed E-state index contributed by atoms with van der Waals surface area (Å²) in [6.45, 7) is 11.1. The van der Waals surface area contributed by atoms with E-state index in [1.54, 1.807) is 13.8 Å². The van der Waals surface area contributed by atoms with Gasteiger partial charge in [0.1, 0.15) is 13.2 Å². The van der Waals surface area contributed by atoms with Crippen LogP contribution in [0.2, 0.25) is 0 Å². The Morgan fingerprint density at radius 2 is 1.08 bits per heavy atom. The standard InChI is InChI=1S/C18H28N2O6/c1-9(2)13-7-25-17(23)19(13)15(21)11(5)12(6)16(22)20-14(10(3)4)8-26-18(20)24/h9-14H,7-8H2,1-6H3/t11-,12-,13-,14-/m1/s1. The molecule has 0 radical (unpaired) electrons. The number of rotatable bonds is 5. The van der Waals surface area contributed by atoms with Crippen LogP contribution in [-0.4, -0.2) is 59.1 Å². The second-order valence-electron chi connectivity index (χ2n) is 7.77. The highest BCUT2D eigenvalue weighted by molar-refractivity contribution is 6.00. The normalized spacial score (nSPS) is 25.5. The summed E-state index contributed by atoms with van der Waals surface area (Å²) in [7, 11) is 0. The zero-order chi connectivity index (χ0) is 19.8. The maximum Gasteiger partial charge on any atom is 0.416 e. The van der Waals surface area contributed by atoms with E-state index >= 15 is 0 Å². The Kier molecular flexibility index (Phi) is 5.93. The van der Waals surface area contributed by atoms with Crippen LogP contribution in [0.3, 0.4) is 0 Å². The van der Waals surface area contributed by atoms with Crippen molar-refractivity contribution in [1.82, 2.24) is 9.80 Å². The van der Waals surface area contributed by atoms with Crippen LogP contribution in [0.5, 0.6) is 0 Å². The summed E-state index contributed by atoms with van der Waals surface area (Å²) in [4.78, 5) is 51.9. The quantitative estimate of drug-likeness (QED) is 0.739. The number of hydrogen-bond acceptors (Lipinski definition) is 6. The van der Waals surface area contributed by atoms with Gasteiger partial charge < -0.3 is 9.47 Å². The van der Waals surface area contributed by atoms with E-state index in [2.05, 4.69) is 0 Å². The Hall–Kier alpha value is -2.12. The highest BCUT2D eigenvalue weighted by Gasteiger charge is 2.46. The monoisotopic (exact) mass is 368 g/mol. The molecule has 2 aliphatic rings. The maximum absolute atomic E-state index is 12.9. The lowest BCUT2D eigenvalue weighted by molar-refractivity contribution is -0.143. The van der Waals surface area contributed by atoms with Crippen LogP contribution in [0, 0.1) is 23.7 Å². The van der Waals surface area contributed by atoms with Crippen molar-refractivity contribution in [2.45, 2.75) is 53.6 Å². The molecule has 0 aromatic heterocycles. The molecule has 8 heteroatoms. The Balaban J connectivity index is 2.16. The minimum absolute atomic E-state index is 0.0440. The molecule has 2 aliphatic heterocycles. The van der Waals surface area contributed by atoms with Crippen molar-refractivity contribution in [2.24, 2.45) is 23.7 Å². The Bertz CT molecular complexity index is 550. The largest absolute Gasteiger partial charge is 0.447 e. The van der Waals surface area contributed by atoms with Gasteiger partial charge in [-0.25, -0.2) is 19.4 Å². The lowest BCUT2D eigenvalue weighted by Gasteiger charge is -2.30. The fourth-order valence-corrected chi connectivity index (χ4v) is 3.23. The third kappa shape index (κ3) is 3.54. The molecule has 2 heterocycles. The molecule has 0 unspecified atom stereocenters. The number of hydrogen-bond donors (Lipinski definition) is 0. The summed E-state index contributed by atoms with van der Waals surface area (Å²) < 4.78 is 10.0. The molecular formula is C18H28N2O6. The van der Waals surface area contributed by atoms with Gasteiger partial charge in [-0.3, -0.25) is 9.59 Å². The van der Waals surface area contributed by atoms with E-state index in [0.717, 1.165) is 9.80 Å². The predicted octanol–water partition coefficient (Wildman–Crippen LogP) is 2.27. The molecule has 2 rings (SSSR count). The number of ether oxygens (including phenoxy) is 2. The highest BCUT2D eigenvalue weighted by Crippen LogP contribution is 2.28.